The third-order valence-electron chi connectivity index (χ3n) is 6.37. The van der Waals surface area contributed by atoms with Gasteiger partial charge in [-0.25, -0.2) is 13.2 Å². The highest BCUT2D eigenvalue weighted by molar-refractivity contribution is 7.89. The lowest BCUT2D eigenvalue weighted by Gasteiger charge is -2.40. The molecule has 0 amide bonds. The first-order chi connectivity index (χ1) is 19.7. The first kappa shape index (κ1) is 33.2. The van der Waals surface area contributed by atoms with Crippen molar-refractivity contribution in [2.45, 2.75) is 76.1 Å². The second-order valence-corrected chi connectivity index (χ2v) is 12.6. The van der Waals surface area contributed by atoms with Gasteiger partial charge in [-0.05, 0) is 51.5 Å². The fourth-order valence-corrected chi connectivity index (χ4v) is 5.25. The average Bonchev–Trinajstić information content (AvgIpc) is 2.93. The van der Waals surface area contributed by atoms with Gasteiger partial charge in [-0.15, -0.1) is 0 Å². The van der Waals surface area contributed by atoms with E-state index >= 15 is 0 Å². The third kappa shape index (κ3) is 8.18. The van der Waals surface area contributed by atoms with Gasteiger partial charge in [-0.3, -0.25) is 4.79 Å². The van der Waals surface area contributed by atoms with Crippen LogP contribution in [0.2, 0.25) is 0 Å². The molecule has 42 heavy (non-hydrogen) atoms. The number of nitrogens with one attached hydrogen (secondary N) is 2. The highest BCUT2D eigenvalue weighted by atomic mass is 32.2. The molecule has 0 bridgehead atoms. The number of hydrogen-bond acceptors (Lipinski definition) is 11. The van der Waals surface area contributed by atoms with Crippen LogP contribution < -0.4 is 14.8 Å². The largest absolute Gasteiger partial charge is 0.478 e. The number of hydrogen-bond donors (Lipinski definition) is 6. The van der Waals surface area contributed by atoms with Crippen molar-refractivity contribution >= 4 is 27.6 Å². The molecule has 1 aliphatic rings. The summed E-state index contributed by atoms with van der Waals surface area (Å²) in [6.45, 7) is 6.62. The van der Waals surface area contributed by atoms with E-state index in [1.54, 1.807) is 51.1 Å². The molecule has 0 spiro atoms. The van der Waals surface area contributed by atoms with Crippen LogP contribution in [0.25, 0.3) is 0 Å². The number of unbranched alkanes of at least 4 members (excludes halogenated alkanes) is 1. The van der Waals surface area contributed by atoms with E-state index in [4.69, 9.17) is 14.2 Å². The highest BCUT2D eigenvalue weighted by Gasteiger charge is 2.46. The molecule has 2 aromatic rings. The van der Waals surface area contributed by atoms with Crippen molar-refractivity contribution < 1.29 is 52.6 Å². The molecule has 6 N–H and O–H groups in total. The number of aliphatic hydroxyl groups is 3. The lowest BCUT2D eigenvalue weighted by Crippen LogP contribution is -2.63. The second-order valence-electron chi connectivity index (χ2n) is 10.9. The summed E-state index contributed by atoms with van der Waals surface area (Å²) in [7, 11) is -4.74. The summed E-state index contributed by atoms with van der Waals surface area (Å²) in [4.78, 5) is 23.6. The normalized spacial score (nSPS) is 22.8. The smallest absolute Gasteiger partial charge is 0.335 e. The molecule has 1 unspecified atom stereocenters. The Morgan fingerprint density at radius 1 is 1.02 bits per heavy atom. The molecule has 232 valence electrons. The van der Waals surface area contributed by atoms with Crippen LogP contribution in [0.1, 0.15) is 50.9 Å². The number of carboxylic acids is 1. The Morgan fingerprint density at radius 3 is 2.29 bits per heavy atom. The molecule has 13 nitrogen and oxygen atoms in total. The molecule has 3 rings (SSSR count). The predicted octanol–water partition coefficient (Wildman–Crippen LogP) is 2.06. The summed E-state index contributed by atoms with van der Waals surface area (Å²) >= 11 is 0. The van der Waals surface area contributed by atoms with Gasteiger partial charge in [-0.2, -0.15) is 4.72 Å². The van der Waals surface area contributed by atoms with Crippen molar-refractivity contribution in [1.29, 1.82) is 0 Å². The minimum Gasteiger partial charge on any atom is -0.478 e. The number of ether oxygens (including phenoxy) is 3. The molecule has 1 saturated heterocycles. The van der Waals surface area contributed by atoms with E-state index in [1.165, 1.54) is 6.07 Å². The van der Waals surface area contributed by atoms with Crippen LogP contribution >= 0.6 is 0 Å². The number of aromatic carboxylic acids is 1. The zero-order valence-electron chi connectivity index (χ0n) is 23.8. The van der Waals surface area contributed by atoms with Gasteiger partial charge in [0.1, 0.15) is 41.7 Å². The topological polar surface area (TPSA) is 201 Å². The Labute approximate surface area is 244 Å². The van der Waals surface area contributed by atoms with Gasteiger partial charge >= 0.3 is 11.9 Å². The third-order valence-corrected chi connectivity index (χ3v) is 7.80. The number of carbonyl (C=O) groups excluding carboxylic acids is 1. The fourth-order valence-electron chi connectivity index (χ4n) is 3.94. The first-order valence-electron chi connectivity index (χ1n) is 13.4. The van der Waals surface area contributed by atoms with Crippen molar-refractivity contribution in [3.05, 3.63) is 48.0 Å². The summed E-state index contributed by atoms with van der Waals surface area (Å²) in [5.41, 5.74) is -1.14. The number of carboxylic acid groups (broad SMARTS) is 1. The Bertz CT molecular complexity index is 1350. The monoisotopic (exact) mass is 610 g/mol. The van der Waals surface area contributed by atoms with Gasteiger partial charge in [0.25, 0.3) is 0 Å². The Hall–Kier alpha value is -3.27. The van der Waals surface area contributed by atoms with E-state index in [9.17, 15) is 38.4 Å². The summed E-state index contributed by atoms with van der Waals surface area (Å²) in [6.07, 6.45) is -7.24. The number of rotatable bonds is 12. The summed E-state index contributed by atoms with van der Waals surface area (Å²) in [5, 5.41) is 44.2. The molecular formula is C28H38N2O11S. The van der Waals surface area contributed by atoms with Crippen molar-refractivity contribution in [3.8, 4) is 11.5 Å². The van der Waals surface area contributed by atoms with Gasteiger partial charge in [0.15, 0.2) is 12.0 Å². The van der Waals surface area contributed by atoms with Crippen LogP contribution in [0.4, 0.5) is 5.69 Å². The molecule has 0 aromatic heterocycles. The number of benzene rings is 2. The summed E-state index contributed by atoms with van der Waals surface area (Å²) < 4.78 is 46.3. The lowest BCUT2D eigenvalue weighted by molar-refractivity contribution is -0.235. The van der Waals surface area contributed by atoms with Crippen LogP contribution in [0, 0.1) is 5.41 Å². The molecule has 5 atom stereocenters. The minimum absolute atomic E-state index is 0.0973. The molecule has 2 aromatic carbocycles. The van der Waals surface area contributed by atoms with Gasteiger partial charge in [0.2, 0.25) is 10.0 Å². The zero-order valence-corrected chi connectivity index (χ0v) is 24.6. The van der Waals surface area contributed by atoms with Crippen molar-refractivity contribution in [3.63, 3.8) is 0 Å². The second kappa shape index (κ2) is 13.8. The van der Waals surface area contributed by atoms with Crippen LogP contribution in [-0.4, -0.2) is 84.6 Å². The fraction of sp³-hybridized carbons (Fsp3) is 0.500. The average molecular weight is 611 g/mol. The molecule has 1 heterocycles. The number of para-hydroxylation sites is 1. The highest BCUT2D eigenvalue weighted by Crippen LogP contribution is 2.38. The molecule has 0 saturated carbocycles. The van der Waals surface area contributed by atoms with E-state index in [1.807, 2.05) is 6.92 Å². The molecule has 1 aliphatic heterocycles. The number of aliphatic hydroxyl groups excluding tert-OH is 3. The Morgan fingerprint density at radius 2 is 1.69 bits per heavy atom. The quantitative estimate of drug-likeness (QED) is 0.151. The molecule has 0 radical (unpaired) electrons. The lowest BCUT2D eigenvalue weighted by atomic mass is 9.97. The Balaban J connectivity index is 2.00. The van der Waals surface area contributed by atoms with E-state index < -0.39 is 69.5 Å². The van der Waals surface area contributed by atoms with E-state index in [0.29, 0.717) is 13.0 Å². The minimum atomic E-state index is -4.74. The van der Waals surface area contributed by atoms with E-state index in [2.05, 4.69) is 10.0 Å². The Kier molecular flexibility index (Phi) is 10.9. The molecule has 14 heteroatoms. The molecular weight excluding hydrogens is 572 g/mol. The van der Waals surface area contributed by atoms with Gasteiger partial charge in [0, 0.05) is 6.54 Å². The van der Waals surface area contributed by atoms with Crippen molar-refractivity contribution in [1.82, 2.24) is 4.72 Å². The van der Waals surface area contributed by atoms with Crippen LogP contribution in [-0.2, 0) is 24.3 Å². The maximum atomic E-state index is 13.8. The number of carbonyl (C=O) groups is 2. The molecule has 0 aliphatic carbocycles. The van der Waals surface area contributed by atoms with Crippen LogP contribution in [0.5, 0.6) is 11.5 Å². The summed E-state index contributed by atoms with van der Waals surface area (Å²) in [6, 6.07) is 10.4. The summed E-state index contributed by atoms with van der Waals surface area (Å²) in [5.74, 6) is -1.98. The zero-order chi connectivity index (χ0) is 31.2. The van der Waals surface area contributed by atoms with Gasteiger partial charge in [0.05, 0.1) is 16.7 Å². The number of esters is 1. The predicted molar refractivity (Wildman–Crippen MR) is 151 cm³/mol. The van der Waals surface area contributed by atoms with Crippen molar-refractivity contribution in [2.75, 3.05) is 18.5 Å². The number of sulfonamides is 1. The first-order valence-corrected chi connectivity index (χ1v) is 14.9. The van der Waals surface area contributed by atoms with Crippen LogP contribution in [0.15, 0.2) is 47.4 Å². The van der Waals surface area contributed by atoms with Gasteiger partial charge < -0.3 is 40.0 Å². The maximum absolute atomic E-state index is 13.8. The van der Waals surface area contributed by atoms with E-state index in [0.717, 1.165) is 12.5 Å². The SMILES string of the molecule is CCCCNc1cc(C(=O)O)cc(S(=O)(=O)NC2O[C@H](COC(=O)C(C)(C)C)[C@@H](O)[C@H](O)[C@H]2O)c1Oc1ccccc1. The van der Waals surface area contributed by atoms with Crippen molar-refractivity contribution in [2.24, 2.45) is 5.41 Å². The molecule has 1 fully saturated rings. The number of anilines is 1. The van der Waals surface area contributed by atoms with Gasteiger partial charge in [-0.1, -0.05) is 31.5 Å². The standard InChI is InChI=1S/C28H38N2O11S/c1-5-6-12-29-18-13-16(26(34)35)14-20(24(18)40-17-10-8-7-9-11-17)42(37,38)30-25-23(33)22(32)21(31)19(41-25)15-39-27(36)28(2,3)4/h7-11,13-14,19,21-23,25,29-33H,5-6,12,15H2,1-4H3,(H,34,35)/t19-,21-,22+,23-,25?/m1/s1. The van der Waals surface area contributed by atoms with E-state index in [-0.39, 0.29) is 22.7 Å². The van der Waals surface area contributed by atoms with Crippen LogP contribution in [0.3, 0.4) is 0 Å². The maximum Gasteiger partial charge on any atom is 0.335 e.